The van der Waals surface area contributed by atoms with Gasteiger partial charge >= 0.3 is 6.01 Å². The minimum atomic E-state index is -0.508. The van der Waals surface area contributed by atoms with Crippen LogP contribution in [-0.4, -0.2) is 41.1 Å². The minimum absolute atomic E-state index is 0.0879. The van der Waals surface area contributed by atoms with Crippen LogP contribution in [0.15, 0.2) is 18.2 Å². The third kappa shape index (κ3) is 5.03. The Hall–Kier alpha value is -2.48. The molecule has 2 heterocycles. The van der Waals surface area contributed by atoms with Gasteiger partial charge in [0.1, 0.15) is 5.82 Å². The number of hydrogen-bond acceptors (Lipinski definition) is 6. The molecule has 1 amide bonds. The number of amides is 1. The average molecular weight is 394 g/mol. The van der Waals surface area contributed by atoms with Crippen LogP contribution in [0.5, 0.6) is 6.01 Å². The van der Waals surface area contributed by atoms with Gasteiger partial charge in [-0.3, -0.25) is 4.79 Å². The molecule has 1 saturated heterocycles. The number of ether oxygens (including phenoxy) is 1. The van der Waals surface area contributed by atoms with Crippen LogP contribution in [0.2, 0.25) is 5.02 Å². The molecule has 0 aliphatic carbocycles. The Bertz CT molecular complexity index is 794. The molecule has 0 spiro atoms. The molecule has 27 heavy (non-hydrogen) atoms. The van der Waals surface area contributed by atoms with Crippen molar-refractivity contribution in [3.63, 3.8) is 0 Å². The van der Waals surface area contributed by atoms with E-state index in [4.69, 9.17) is 16.3 Å². The van der Waals surface area contributed by atoms with Gasteiger partial charge in [0.05, 0.1) is 20.1 Å². The molecule has 1 aliphatic rings. The fourth-order valence-electron chi connectivity index (χ4n) is 2.89. The fraction of sp³-hybridized carbons (Fsp3) is 0.444. The highest BCUT2D eigenvalue weighted by Crippen LogP contribution is 2.20. The SMILES string of the molecule is COc1nc(CNC(=O)Cc2c(F)cccc2Cl)nc(N2CCCCC2)n1. The van der Waals surface area contributed by atoms with E-state index in [-0.39, 0.29) is 35.5 Å². The third-order valence-electron chi connectivity index (χ3n) is 4.31. The molecule has 0 atom stereocenters. The Balaban J connectivity index is 1.67. The summed E-state index contributed by atoms with van der Waals surface area (Å²) in [5.74, 6) is 0.0473. The Morgan fingerprint density at radius 1 is 1.26 bits per heavy atom. The van der Waals surface area contributed by atoms with E-state index in [1.54, 1.807) is 6.07 Å². The van der Waals surface area contributed by atoms with E-state index >= 15 is 0 Å². The van der Waals surface area contributed by atoms with Crippen LogP contribution in [0.3, 0.4) is 0 Å². The van der Waals surface area contributed by atoms with Crippen LogP contribution >= 0.6 is 11.6 Å². The van der Waals surface area contributed by atoms with E-state index in [1.807, 2.05) is 0 Å². The van der Waals surface area contributed by atoms with Gasteiger partial charge < -0.3 is 15.0 Å². The number of piperidine rings is 1. The van der Waals surface area contributed by atoms with Crippen molar-refractivity contribution >= 4 is 23.5 Å². The molecule has 9 heteroatoms. The van der Waals surface area contributed by atoms with Gasteiger partial charge in [0, 0.05) is 23.7 Å². The topological polar surface area (TPSA) is 80.2 Å². The molecule has 0 bridgehead atoms. The van der Waals surface area contributed by atoms with Crippen LogP contribution in [0.4, 0.5) is 10.3 Å². The Labute approximate surface area is 161 Å². The lowest BCUT2D eigenvalue weighted by Crippen LogP contribution is -2.32. The minimum Gasteiger partial charge on any atom is -0.467 e. The highest BCUT2D eigenvalue weighted by molar-refractivity contribution is 6.31. The maximum atomic E-state index is 13.8. The number of nitrogens with zero attached hydrogens (tertiary/aromatic N) is 4. The van der Waals surface area contributed by atoms with E-state index in [0.717, 1.165) is 25.9 Å². The van der Waals surface area contributed by atoms with Crippen molar-refractivity contribution in [3.8, 4) is 6.01 Å². The molecular formula is C18H21ClFN5O2. The van der Waals surface area contributed by atoms with Crippen molar-refractivity contribution < 1.29 is 13.9 Å². The van der Waals surface area contributed by atoms with E-state index < -0.39 is 5.82 Å². The molecule has 0 saturated carbocycles. The monoisotopic (exact) mass is 393 g/mol. The van der Waals surface area contributed by atoms with Crippen molar-refractivity contribution in [2.24, 2.45) is 0 Å². The second kappa shape index (κ2) is 8.94. The average Bonchev–Trinajstić information content (AvgIpc) is 2.69. The van der Waals surface area contributed by atoms with Crippen molar-refractivity contribution in [1.82, 2.24) is 20.3 Å². The van der Waals surface area contributed by atoms with Gasteiger partial charge in [-0.05, 0) is 31.4 Å². The van der Waals surface area contributed by atoms with Gasteiger partial charge in [-0.15, -0.1) is 0 Å². The summed E-state index contributed by atoms with van der Waals surface area (Å²) in [5, 5.41) is 2.91. The largest absolute Gasteiger partial charge is 0.467 e. The van der Waals surface area contributed by atoms with Crippen LogP contribution < -0.4 is 15.0 Å². The van der Waals surface area contributed by atoms with Crippen LogP contribution in [0.25, 0.3) is 0 Å². The Kier molecular flexibility index (Phi) is 6.39. The molecule has 1 N–H and O–H groups in total. The normalized spacial score (nSPS) is 14.1. The second-order valence-electron chi connectivity index (χ2n) is 6.24. The van der Waals surface area contributed by atoms with E-state index in [1.165, 1.54) is 25.7 Å². The number of halogens is 2. The second-order valence-corrected chi connectivity index (χ2v) is 6.65. The van der Waals surface area contributed by atoms with Gasteiger partial charge in [0.15, 0.2) is 5.82 Å². The van der Waals surface area contributed by atoms with Gasteiger partial charge in [0.25, 0.3) is 0 Å². The summed E-state index contributed by atoms with van der Waals surface area (Å²) in [6.45, 7) is 1.85. The predicted octanol–water partition coefficient (Wildman–Crippen LogP) is 2.52. The smallest absolute Gasteiger partial charge is 0.321 e. The zero-order chi connectivity index (χ0) is 19.2. The lowest BCUT2D eigenvalue weighted by atomic mass is 10.1. The van der Waals surface area contributed by atoms with Crippen molar-refractivity contribution in [3.05, 3.63) is 40.4 Å². The van der Waals surface area contributed by atoms with Gasteiger partial charge in [-0.1, -0.05) is 17.7 Å². The molecule has 7 nitrogen and oxygen atoms in total. The summed E-state index contributed by atoms with van der Waals surface area (Å²) in [5.41, 5.74) is 0.166. The number of rotatable bonds is 6. The molecular weight excluding hydrogens is 373 g/mol. The maximum Gasteiger partial charge on any atom is 0.321 e. The van der Waals surface area contributed by atoms with Crippen molar-refractivity contribution in [2.75, 3.05) is 25.1 Å². The lowest BCUT2D eigenvalue weighted by Gasteiger charge is -2.26. The first kappa shape index (κ1) is 19.3. The molecule has 1 aliphatic heterocycles. The molecule has 3 rings (SSSR count). The molecule has 0 unspecified atom stereocenters. The number of aromatic nitrogens is 3. The summed E-state index contributed by atoms with van der Waals surface area (Å²) >= 11 is 5.96. The Morgan fingerprint density at radius 2 is 2.04 bits per heavy atom. The third-order valence-corrected chi connectivity index (χ3v) is 4.67. The van der Waals surface area contributed by atoms with Crippen molar-refractivity contribution in [2.45, 2.75) is 32.2 Å². The zero-order valence-electron chi connectivity index (χ0n) is 15.0. The highest BCUT2D eigenvalue weighted by atomic mass is 35.5. The Morgan fingerprint density at radius 3 is 2.74 bits per heavy atom. The van der Waals surface area contributed by atoms with Crippen molar-refractivity contribution in [1.29, 1.82) is 0 Å². The van der Waals surface area contributed by atoms with Crippen LogP contribution in [0, 0.1) is 5.82 Å². The number of hydrogen-bond donors (Lipinski definition) is 1. The number of carbonyl (C=O) groups is 1. The molecule has 0 radical (unpaired) electrons. The number of anilines is 1. The predicted molar refractivity (Wildman–Crippen MR) is 99.4 cm³/mol. The van der Waals surface area contributed by atoms with Gasteiger partial charge in [-0.2, -0.15) is 15.0 Å². The van der Waals surface area contributed by atoms with Gasteiger partial charge in [0.2, 0.25) is 11.9 Å². The number of methoxy groups -OCH3 is 1. The summed E-state index contributed by atoms with van der Waals surface area (Å²) in [6, 6.07) is 4.52. The fourth-order valence-corrected chi connectivity index (χ4v) is 3.12. The van der Waals surface area contributed by atoms with Crippen LogP contribution in [0.1, 0.15) is 30.7 Å². The summed E-state index contributed by atoms with van der Waals surface area (Å²) in [6.07, 6.45) is 3.21. The summed E-state index contributed by atoms with van der Waals surface area (Å²) < 4.78 is 19.0. The van der Waals surface area contributed by atoms with E-state index in [2.05, 4.69) is 25.2 Å². The van der Waals surface area contributed by atoms with Gasteiger partial charge in [-0.25, -0.2) is 4.39 Å². The quantitative estimate of drug-likeness (QED) is 0.812. The van der Waals surface area contributed by atoms with Crippen LogP contribution in [-0.2, 0) is 17.8 Å². The standard InChI is InChI=1S/C18H21ClFN5O2/c1-27-18-23-15(22-17(24-18)25-8-3-2-4-9-25)11-21-16(26)10-12-13(19)6-5-7-14(12)20/h5-7H,2-4,8-11H2,1H3,(H,21,26). The number of benzene rings is 1. The maximum absolute atomic E-state index is 13.8. The first-order valence-corrected chi connectivity index (χ1v) is 9.18. The summed E-state index contributed by atoms with van der Waals surface area (Å²) in [4.78, 5) is 27.2. The molecule has 1 aromatic carbocycles. The number of carbonyl (C=O) groups excluding carboxylic acids is 1. The first-order chi connectivity index (χ1) is 13.1. The first-order valence-electron chi connectivity index (χ1n) is 8.80. The molecule has 2 aromatic rings. The van der Waals surface area contributed by atoms with E-state index in [9.17, 15) is 9.18 Å². The molecule has 1 aromatic heterocycles. The lowest BCUT2D eigenvalue weighted by molar-refractivity contribution is -0.120. The highest BCUT2D eigenvalue weighted by Gasteiger charge is 2.17. The summed E-state index contributed by atoms with van der Waals surface area (Å²) in [7, 11) is 1.48. The zero-order valence-corrected chi connectivity index (χ0v) is 15.8. The number of nitrogens with one attached hydrogen (secondary N) is 1. The molecule has 1 fully saturated rings. The van der Waals surface area contributed by atoms with E-state index in [0.29, 0.717) is 11.8 Å². The molecule has 144 valence electrons.